The highest BCUT2D eigenvalue weighted by Gasteiger charge is 2.30. The van der Waals surface area contributed by atoms with Crippen LogP contribution in [-0.2, 0) is 4.74 Å². The number of hydrogen-bond donors (Lipinski definition) is 2. The molecule has 2 unspecified atom stereocenters. The summed E-state index contributed by atoms with van der Waals surface area (Å²) in [7, 11) is 0. The van der Waals surface area contributed by atoms with Gasteiger partial charge in [-0.05, 0) is 19.3 Å². The predicted octanol–water partition coefficient (Wildman–Crippen LogP) is 1.07. The lowest BCUT2D eigenvalue weighted by molar-refractivity contribution is 0.0984. The van der Waals surface area contributed by atoms with Crippen LogP contribution in [0.3, 0.4) is 0 Å². The quantitative estimate of drug-likeness (QED) is 0.308. The van der Waals surface area contributed by atoms with Gasteiger partial charge in [0.15, 0.2) is 0 Å². The highest BCUT2D eigenvalue weighted by Crippen LogP contribution is 2.23. The molecule has 0 radical (unpaired) electrons. The second-order valence-electron chi connectivity index (χ2n) is 3.62. The van der Waals surface area contributed by atoms with E-state index < -0.39 is 0 Å². The Balaban J connectivity index is 2.58. The van der Waals surface area contributed by atoms with E-state index in [1.807, 2.05) is 0 Å². The molecule has 2 atom stereocenters. The van der Waals surface area contributed by atoms with Gasteiger partial charge in [-0.2, -0.15) is 0 Å². The highest BCUT2D eigenvalue weighted by molar-refractivity contribution is 5.84. The molecule has 1 aliphatic heterocycles. The molecule has 1 aliphatic rings. The highest BCUT2D eigenvalue weighted by atomic mass is 16.5. The van der Waals surface area contributed by atoms with Crippen LogP contribution in [-0.4, -0.2) is 25.1 Å². The van der Waals surface area contributed by atoms with Gasteiger partial charge in [-0.1, -0.05) is 13.8 Å². The summed E-state index contributed by atoms with van der Waals surface area (Å²) in [5.74, 6) is 6.76. The molecule has 0 aromatic rings. The fourth-order valence-electron chi connectivity index (χ4n) is 1.87. The van der Waals surface area contributed by atoms with Crippen molar-refractivity contribution in [2.45, 2.75) is 39.2 Å². The van der Waals surface area contributed by atoms with Crippen molar-refractivity contribution in [3.05, 3.63) is 0 Å². The number of ether oxygens (including phenoxy) is 1. The lowest BCUT2D eigenvalue weighted by atomic mass is 9.98. The Hall–Kier alpha value is -0.610. The molecular weight excluding hydrogens is 178 g/mol. The molecule has 1 fully saturated rings. The second kappa shape index (κ2) is 5.98. The van der Waals surface area contributed by atoms with Gasteiger partial charge in [-0.15, -0.1) is 0 Å². The Morgan fingerprint density at radius 1 is 1.57 bits per heavy atom. The van der Waals surface area contributed by atoms with Gasteiger partial charge in [-0.3, -0.25) is 4.99 Å². The first-order valence-electron chi connectivity index (χ1n) is 5.46. The van der Waals surface area contributed by atoms with E-state index in [2.05, 4.69) is 24.3 Å². The molecule has 3 N–H and O–H groups in total. The van der Waals surface area contributed by atoms with Crippen LogP contribution in [0.4, 0.5) is 0 Å². The maximum atomic E-state index is 5.60. The summed E-state index contributed by atoms with van der Waals surface area (Å²) in [6.07, 6.45) is 3.40. The van der Waals surface area contributed by atoms with Crippen molar-refractivity contribution in [1.82, 2.24) is 5.43 Å². The number of amidine groups is 1. The van der Waals surface area contributed by atoms with Crippen molar-refractivity contribution in [3.8, 4) is 0 Å². The summed E-state index contributed by atoms with van der Waals surface area (Å²) < 4.78 is 5.60. The van der Waals surface area contributed by atoms with E-state index in [-0.39, 0.29) is 0 Å². The van der Waals surface area contributed by atoms with Crippen LogP contribution in [0.1, 0.15) is 33.1 Å². The van der Waals surface area contributed by atoms with E-state index in [1.54, 1.807) is 0 Å². The van der Waals surface area contributed by atoms with Crippen molar-refractivity contribution in [1.29, 1.82) is 0 Å². The van der Waals surface area contributed by atoms with Gasteiger partial charge in [0.05, 0.1) is 6.10 Å². The SMILES string of the molecule is CCCN=C(NN)C1CCOC1CC. The number of rotatable bonds is 4. The molecular formula is C10H21N3O. The van der Waals surface area contributed by atoms with Crippen LogP contribution in [0.15, 0.2) is 4.99 Å². The zero-order valence-electron chi connectivity index (χ0n) is 9.12. The van der Waals surface area contributed by atoms with Crippen LogP contribution in [0.2, 0.25) is 0 Å². The van der Waals surface area contributed by atoms with Crippen LogP contribution in [0.25, 0.3) is 0 Å². The first kappa shape index (κ1) is 11.5. The minimum atomic E-state index is 0.293. The lowest BCUT2D eigenvalue weighted by Gasteiger charge is -2.18. The zero-order valence-corrected chi connectivity index (χ0v) is 9.12. The molecule has 82 valence electrons. The number of hydrogen-bond acceptors (Lipinski definition) is 3. The zero-order chi connectivity index (χ0) is 10.4. The first-order valence-corrected chi connectivity index (χ1v) is 5.46. The fourth-order valence-corrected chi connectivity index (χ4v) is 1.87. The summed E-state index contributed by atoms with van der Waals surface area (Å²) in [4.78, 5) is 4.44. The number of nitrogens with zero attached hydrogens (tertiary/aromatic N) is 1. The topological polar surface area (TPSA) is 59.6 Å². The minimum absolute atomic E-state index is 0.293. The molecule has 0 saturated carbocycles. The summed E-state index contributed by atoms with van der Waals surface area (Å²) >= 11 is 0. The minimum Gasteiger partial charge on any atom is -0.377 e. The standard InChI is InChI=1S/C10H21N3O/c1-3-6-12-10(13-11)8-5-7-14-9(8)4-2/h8-9H,3-7,11H2,1-2H3,(H,12,13). The third kappa shape index (κ3) is 2.69. The number of nitrogens with two attached hydrogens (primary N) is 1. The largest absolute Gasteiger partial charge is 0.377 e. The molecule has 0 aromatic heterocycles. The predicted molar refractivity (Wildman–Crippen MR) is 58.1 cm³/mol. The van der Waals surface area contributed by atoms with E-state index in [0.29, 0.717) is 12.0 Å². The molecule has 0 aromatic carbocycles. The smallest absolute Gasteiger partial charge is 0.116 e. The number of aliphatic imine (C=N–C) groups is 1. The van der Waals surface area contributed by atoms with Gasteiger partial charge in [-0.25, -0.2) is 5.84 Å². The normalized spacial score (nSPS) is 28.1. The Morgan fingerprint density at radius 2 is 2.36 bits per heavy atom. The molecule has 0 amide bonds. The molecule has 14 heavy (non-hydrogen) atoms. The van der Waals surface area contributed by atoms with Crippen molar-refractivity contribution in [2.24, 2.45) is 16.8 Å². The molecule has 0 spiro atoms. The molecule has 1 heterocycles. The van der Waals surface area contributed by atoms with Gasteiger partial charge < -0.3 is 10.2 Å². The van der Waals surface area contributed by atoms with Crippen molar-refractivity contribution in [2.75, 3.05) is 13.2 Å². The van der Waals surface area contributed by atoms with Gasteiger partial charge in [0.25, 0.3) is 0 Å². The van der Waals surface area contributed by atoms with E-state index in [1.165, 1.54) is 0 Å². The third-order valence-corrected chi connectivity index (χ3v) is 2.62. The lowest BCUT2D eigenvalue weighted by Crippen LogP contribution is -2.39. The van der Waals surface area contributed by atoms with Crippen molar-refractivity contribution < 1.29 is 4.74 Å². The maximum Gasteiger partial charge on any atom is 0.116 e. The third-order valence-electron chi connectivity index (χ3n) is 2.62. The van der Waals surface area contributed by atoms with Gasteiger partial charge in [0.1, 0.15) is 5.84 Å². The van der Waals surface area contributed by atoms with Crippen molar-refractivity contribution in [3.63, 3.8) is 0 Å². The van der Waals surface area contributed by atoms with Crippen LogP contribution < -0.4 is 11.3 Å². The Labute approximate surface area is 85.9 Å². The Morgan fingerprint density at radius 3 is 2.93 bits per heavy atom. The second-order valence-corrected chi connectivity index (χ2v) is 3.62. The molecule has 4 nitrogen and oxygen atoms in total. The van der Waals surface area contributed by atoms with E-state index in [9.17, 15) is 0 Å². The number of nitrogens with one attached hydrogen (secondary N) is 1. The molecule has 1 saturated heterocycles. The van der Waals surface area contributed by atoms with E-state index in [4.69, 9.17) is 10.6 Å². The first-order chi connectivity index (χ1) is 6.83. The van der Waals surface area contributed by atoms with Gasteiger partial charge >= 0.3 is 0 Å². The van der Waals surface area contributed by atoms with Crippen LogP contribution in [0.5, 0.6) is 0 Å². The summed E-state index contributed by atoms with van der Waals surface area (Å²) in [6.45, 7) is 5.92. The average Bonchev–Trinajstić information content (AvgIpc) is 2.67. The summed E-state index contributed by atoms with van der Waals surface area (Å²) in [5.41, 5.74) is 2.71. The summed E-state index contributed by atoms with van der Waals surface area (Å²) in [5, 5.41) is 0. The monoisotopic (exact) mass is 199 g/mol. The van der Waals surface area contributed by atoms with Gasteiger partial charge in [0.2, 0.25) is 0 Å². The molecule has 4 heteroatoms. The number of hydrazine groups is 1. The van der Waals surface area contributed by atoms with Crippen LogP contribution in [0, 0.1) is 5.92 Å². The Bertz CT molecular complexity index is 194. The van der Waals surface area contributed by atoms with Crippen LogP contribution >= 0.6 is 0 Å². The van der Waals surface area contributed by atoms with Gasteiger partial charge in [0, 0.05) is 19.1 Å². The molecule has 0 bridgehead atoms. The van der Waals surface area contributed by atoms with Crippen molar-refractivity contribution >= 4 is 5.84 Å². The Kier molecular flexibility index (Phi) is 4.90. The molecule has 1 rings (SSSR count). The van der Waals surface area contributed by atoms with E-state index in [0.717, 1.165) is 38.2 Å². The maximum absolute atomic E-state index is 5.60. The summed E-state index contributed by atoms with van der Waals surface area (Å²) in [6, 6.07) is 0. The fraction of sp³-hybridized carbons (Fsp3) is 0.900. The average molecular weight is 199 g/mol. The molecule has 0 aliphatic carbocycles. The van der Waals surface area contributed by atoms with E-state index >= 15 is 0 Å².